The van der Waals surface area contributed by atoms with Crippen molar-refractivity contribution in [3.8, 4) is 0 Å². The van der Waals surface area contributed by atoms with E-state index in [9.17, 15) is 0 Å². The van der Waals surface area contributed by atoms with Crippen molar-refractivity contribution in [3.05, 3.63) is 18.2 Å². The molecule has 0 saturated carbocycles. The number of anilines is 2. The molecule has 0 aliphatic heterocycles. The van der Waals surface area contributed by atoms with Gasteiger partial charge in [0, 0.05) is 14.1 Å². The van der Waals surface area contributed by atoms with Gasteiger partial charge in [0.25, 0.3) is 0 Å². The van der Waals surface area contributed by atoms with Gasteiger partial charge in [0.1, 0.15) is 0 Å². The van der Waals surface area contributed by atoms with Gasteiger partial charge in [0.2, 0.25) is 0 Å². The van der Waals surface area contributed by atoms with Crippen LogP contribution in [0.25, 0.3) is 0 Å². The fourth-order valence-electron chi connectivity index (χ4n) is 1.14. The minimum Gasteiger partial charge on any atom is -0.423 e. The van der Waals surface area contributed by atoms with Crippen molar-refractivity contribution >= 4 is 24.0 Å². The summed E-state index contributed by atoms with van der Waals surface area (Å²) in [5.41, 5.74) is 7.50. The topological polar surface area (TPSA) is 69.7 Å². The van der Waals surface area contributed by atoms with E-state index >= 15 is 0 Å². The molecule has 0 spiro atoms. The predicted molar refractivity (Wildman–Crippen MR) is 55.0 cm³/mol. The summed E-state index contributed by atoms with van der Waals surface area (Å²) in [4.78, 5) is 1.86. The largest absolute Gasteiger partial charge is 0.488 e. The molecule has 13 heavy (non-hydrogen) atoms. The Bertz CT molecular complexity index is 302. The van der Waals surface area contributed by atoms with Crippen LogP contribution in [0.5, 0.6) is 0 Å². The summed E-state index contributed by atoms with van der Waals surface area (Å²) in [6.45, 7) is 0. The Morgan fingerprint density at radius 3 is 2.31 bits per heavy atom. The number of benzene rings is 1. The molecule has 0 aliphatic carbocycles. The van der Waals surface area contributed by atoms with Gasteiger partial charge >= 0.3 is 7.12 Å². The zero-order chi connectivity index (χ0) is 10.0. The molecule has 1 rings (SSSR count). The number of hydrogen-bond acceptors (Lipinski definition) is 4. The van der Waals surface area contributed by atoms with Crippen LogP contribution in [0, 0.1) is 0 Å². The van der Waals surface area contributed by atoms with E-state index < -0.39 is 7.12 Å². The molecule has 5 heteroatoms. The molecule has 0 atom stereocenters. The molecule has 0 unspecified atom stereocenters. The SMILES string of the molecule is CN(C)c1ccc(B(O)O)cc1N. The van der Waals surface area contributed by atoms with Gasteiger partial charge in [-0.1, -0.05) is 6.07 Å². The van der Waals surface area contributed by atoms with Gasteiger partial charge in [0.15, 0.2) is 0 Å². The van der Waals surface area contributed by atoms with E-state index in [1.54, 1.807) is 18.2 Å². The van der Waals surface area contributed by atoms with Gasteiger partial charge < -0.3 is 20.7 Å². The van der Waals surface area contributed by atoms with Crippen molar-refractivity contribution < 1.29 is 10.0 Å². The van der Waals surface area contributed by atoms with Crippen LogP contribution < -0.4 is 16.1 Å². The monoisotopic (exact) mass is 180 g/mol. The molecule has 0 heterocycles. The second-order valence-corrected chi connectivity index (χ2v) is 3.09. The molecular weight excluding hydrogens is 167 g/mol. The van der Waals surface area contributed by atoms with Crippen molar-refractivity contribution in [2.45, 2.75) is 0 Å². The molecule has 4 nitrogen and oxygen atoms in total. The number of nitrogens with two attached hydrogens (primary N) is 1. The lowest BCUT2D eigenvalue weighted by Gasteiger charge is -2.15. The maximum atomic E-state index is 8.86. The fraction of sp³-hybridized carbons (Fsp3) is 0.250. The highest BCUT2D eigenvalue weighted by Gasteiger charge is 2.12. The maximum Gasteiger partial charge on any atom is 0.488 e. The third kappa shape index (κ3) is 2.14. The maximum absolute atomic E-state index is 8.86. The smallest absolute Gasteiger partial charge is 0.423 e. The first-order chi connectivity index (χ1) is 6.02. The first kappa shape index (κ1) is 9.89. The van der Waals surface area contributed by atoms with Crippen LogP contribution in [0.3, 0.4) is 0 Å². The molecule has 0 fully saturated rings. The van der Waals surface area contributed by atoms with Gasteiger partial charge in [0.05, 0.1) is 11.4 Å². The number of nitrogen functional groups attached to an aromatic ring is 1. The highest BCUT2D eigenvalue weighted by atomic mass is 16.4. The van der Waals surface area contributed by atoms with E-state index in [1.807, 2.05) is 19.0 Å². The summed E-state index contributed by atoms with van der Waals surface area (Å²) < 4.78 is 0. The Morgan fingerprint density at radius 1 is 1.31 bits per heavy atom. The van der Waals surface area contributed by atoms with Crippen LogP contribution >= 0.6 is 0 Å². The molecule has 1 aromatic rings. The average molecular weight is 180 g/mol. The van der Waals surface area contributed by atoms with Crippen molar-refractivity contribution in [2.75, 3.05) is 24.7 Å². The van der Waals surface area contributed by atoms with Crippen molar-refractivity contribution in [1.82, 2.24) is 0 Å². The highest BCUT2D eigenvalue weighted by molar-refractivity contribution is 6.58. The van der Waals surface area contributed by atoms with Crippen molar-refractivity contribution in [1.29, 1.82) is 0 Å². The first-order valence-electron chi connectivity index (χ1n) is 3.95. The first-order valence-corrected chi connectivity index (χ1v) is 3.95. The summed E-state index contributed by atoms with van der Waals surface area (Å²) in [6.07, 6.45) is 0. The minimum absolute atomic E-state index is 0.406. The molecule has 0 radical (unpaired) electrons. The second kappa shape index (κ2) is 3.68. The molecule has 0 amide bonds. The van der Waals surface area contributed by atoms with Gasteiger partial charge in [-0.25, -0.2) is 0 Å². The Kier molecular flexibility index (Phi) is 2.80. The molecular formula is C8H13BN2O2. The summed E-state index contributed by atoms with van der Waals surface area (Å²) >= 11 is 0. The third-order valence-corrected chi connectivity index (χ3v) is 1.83. The van der Waals surface area contributed by atoms with E-state index in [1.165, 1.54) is 0 Å². The van der Waals surface area contributed by atoms with E-state index in [2.05, 4.69) is 0 Å². The summed E-state index contributed by atoms with van der Waals surface area (Å²) in [6, 6.07) is 4.94. The van der Waals surface area contributed by atoms with Gasteiger partial charge in [-0.05, 0) is 17.6 Å². The molecule has 70 valence electrons. The zero-order valence-electron chi connectivity index (χ0n) is 7.73. The number of rotatable bonds is 2. The van der Waals surface area contributed by atoms with Crippen LogP contribution in [0.1, 0.15) is 0 Å². The fourth-order valence-corrected chi connectivity index (χ4v) is 1.14. The third-order valence-electron chi connectivity index (χ3n) is 1.83. The Balaban J connectivity index is 3.06. The average Bonchev–Trinajstić information content (AvgIpc) is 2.03. The van der Waals surface area contributed by atoms with Gasteiger partial charge in [-0.15, -0.1) is 0 Å². The van der Waals surface area contributed by atoms with E-state index in [0.717, 1.165) is 5.69 Å². The number of nitrogens with zero attached hydrogens (tertiary/aromatic N) is 1. The summed E-state index contributed by atoms with van der Waals surface area (Å²) in [5, 5.41) is 17.7. The molecule has 0 bridgehead atoms. The van der Waals surface area contributed by atoms with Gasteiger partial charge in [-0.2, -0.15) is 0 Å². The zero-order valence-corrected chi connectivity index (χ0v) is 7.73. The molecule has 1 aromatic carbocycles. The van der Waals surface area contributed by atoms with Gasteiger partial charge in [-0.3, -0.25) is 0 Å². The van der Waals surface area contributed by atoms with Crippen LogP contribution in [0.2, 0.25) is 0 Å². The Hall–Kier alpha value is -1.20. The molecule has 0 aliphatic rings. The van der Waals surface area contributed by atoms with Crippen LogP contribution in [0.4, 0.5) is 11.4 Å². The standard InChI is InChI=1S/C8H13BN2O2/c1-11(2)8-4-3-6(9(12)13)5-7(8)10/h3-5,12-13H,10H2,1-2H3. The molecule has 4 N–H and O–H groups in total. The second-order valence-electron chi connectivity index (χ2n) is 3.09. The van der Waals surface area contributed by atoms with E-state index in [4.69, 9.17) is 15.8 Å². The van der Waals surface area contributed by atoms with Crippen molar-refractivity contribution in [3.63, 3.8) is 0 Å². The van der Waals surface area contributed by atoms with Crippen molar-refractivity contribution in [2.24, 2.45) is 0 Å². The Labute approximate surface area is 77.7 Å². The summed E-state index contributed by atoms with van der Waals surface area (Å²) in [7, 11) is 2.29. The Morgan fingerprint density at radius 2 is 1.92 bits per heavy atom. The lowest BCUT2D eigenvalue weighted by Crippen LogP contribution is -2.30. The molecule has 0 aromatic heterocycles. The van der Waals surface area contributed by atoms with Crippen LogP contribution in [-0.2, 0) is 0 Å². The normalized spacial score (nSPS) is 9.85. The van der Waals surface area contributed by atoms with E-state index in [-0.39, 0.29) is 0 Å². The molecule has 0 saturated heterocycles. The lowest BCUT2D eigenvalue weighted by atomic mass is 9.80. The quantitative estimate of drug-likeness (QED) is 0.404. The minimum atomic E-state index is -1.46. The van der Waals surface area contributed by atoms with Crippen LogP contribution in [0.15, 0.2) is 18.2 Å². The van der Waals surface area contributed by atoms with Crippen LogP contribution in [-0.4, -0.2) is 31.3 Å². The summed E-state index contributed by atoms with van der Waals surface area (Å²) in [5.74, 6) is 0. The predicted octanol–water partition coefficient (Wildman–Crippen LogP) is -0.985. The number of hydrogen-bond donors (Lipinski definition) is 3. The highest BCUT2D eigenvalue weighted by Crippen LogP contribution is 2.18. The van der Waals surface area contributed by atoms with E-state index in [0.29, 0.717) is 11.2 Å². The lowest BCUT2D eigenvalue weighted by molar-refractivity contribution is 0.426.